The molecule has 1 aromatic carbocycles. The number of aromatic nitrogens is 1. The molecule has 0 fully saturated rings. The van der Waals surface area contributed by atoms with Gasteiger partial charge in [-0.1, -0.05) is 36.4 Å². The van der Waals surface area contributed by atoms with Crippen LogP contribution in [0, 0.1) is 0 Å². The first kappa shape index (κ1) is 19.3. The summed E-state index contributed by atoms with van der Waals surface area (Å²) < 4.78 is 45.1. The van der Waals surface area contributed by atoms with Gasteiger partial charge in [0.25, 0.3) is 0 Å². The van der Waals surface area contributed by atoms with Crippen molar-refractivity contribution in [1.82, 2.24) is 4.57 Å². The SMILES string of the molecule is CC(C)Oc1cn(C(F)(F)F)cc(-c2ccc(C3C=CCCC3)cc2)c1=O. The molecule has 1 unspecified atom stereocenters. The smallest absolute Gasteiger partial charge is 0.485 e. The van der Waals surface area contributed by atoms with Crippen molar-refractivity contribution >= 4 is 0 Å². The van der Waals surface area contributed by atoms with Crippen molar-refractivity contribution in [3.05, 3.63) is 64.6 Å². The molecule has 1 aliphatic carbocycles. The molecule has 0 N–H and O–H groups in total. The first-order valence-electron chi connectivity index (χ1n) is 9.03. The van der Waals surface area contributed by atoms with Crippen LogP contribution in [0.15, 0.2) is 53.6 Å². The molecule has 27 heavy (non-hydrogen) atoms. The highest BCUT2D eigenvalue weighted by Crippen LogP contribution is 2.30. The largest absolute Gasteiger partial charge is 0.488 e. The van der Waals surface area contributed by atoms with E-state index >= 15 is 0 Å². The van der Waals surface area contributed by atoms with Gasteiger partial charge in [-0.05, 0) is 44.2 Å². The standard InChI is InChI=1S/C21H22F3NO2/c1-14(2)27-19-13-25(21(22,23)24)12-18(20(19)26)17-10-8-16(9-11-17)15-6-4-3-5-7-15/h4,6,8-15H,3,5,7H2,1-2H3. The average Bonchev–Trinajstić information content (AvgIpc) is 2.63. The Kier molecular flexibility index (Phi) is 5.44. The van der Waals surface area contributed by atoms with Crippen molar-refractivity contribution in [2.24, 2.45) is 0 Å². The molecule has 2 aromatic rings. The summed E-state index contributed by atoms with van der Waals surface area (Å²) in [6.45, 7) is 3.33. The van der Waals surface area contributed by atoms with Crippen LogP contribution in [-0.4, -0.2) is 10.7 Å². The third-order valence-corrected chi connectivity index (χ3v) is 4.55. The van der Waals surface area contributed by atoms with Crippen LogP contribution in [0.25, 0.3) is 11.1 Å². The summed E-state index contributed by atoms with van der Waals surface area (Å²) in [5.41, 5.74) is 0.960. The van der Waals surface area contributed by atoms with Gasteiger partial charge in [0.15, 0.2) is 5.75 Å². The van der Waals surface area contributed by atoms with Gasteiger partial charge in [0.05, 0.1) is 12.3 Å². The van der Waals surface area contributed by atoms with Crippen molar-refractivity contribution < 1.29 is 17.9 Å². The Morgan fingerprint density at radius 2 is 1.85 bits per heavy atom. The van der Waals surface area contributed by atoms with Crippen LogP contribution in [0.3, 0.4) is 0 Å². The van der Waals surface area contributed by atoms with Gasteiger partial charge in [-0.25, -0.2) is 0 Å². The molecule has 1 aliphatic rings. The molecule has 3 rings (SSSR count). The fourth-order valence-corrected chi connectivity index (χ4v) is 3.24. The van der Waals surface area contributed by atoms with E-state index in [0.29, 0.717) is 17.7 Å². The third-order valence-electron chi connectivity index (χ3n) is 4.55. The van der Waals surface area contributed by atoms with Crippen LogP contribution >= 0.6 is 0 Å². The molecule has 1 atom stereocenters. The molecule has 0 radical (unpaired) electrons. The lowest BCUT2D eigenvalue weighted by molar-refractivity contribution is -0.204. The van der Waals surface area contributed by atoms with Crippen LogP contribution in [0.4, 0.5) is 13.2 Å². The molecule has 0 bridgehead atoms. The number of rotatable bonds is 4. The van der Waals surface area contributed by atoms with Gasteiger partial charge < -0.3 is 4.74 Å². The molecular formula is C21H22F3NO2. The normalized spacial score (nSPS) is 17.3. The van der Waals surface area contributed by atoms with E-state index in [4.69, 9.17) is 4.74 Å². The van der Waals surface area contributed by atoms with Gasteiger partial charge in [-0.2, -0.15) is 0 Å². The van der Waals surface area contributed by atoms with E-state index in [1.54, 1.807) is 26.0 Å². The predicted molar refractivity (Wildman–Crippen MR) is 98.9 cm³/mol. The number of halogens is 3. The summed E-state index contributed by atoms with van der Waals surface area (Å²) in [6, 6.07) is 7.16. The van der Waals surface area contributed by atoms with Crippen LogP contribution < -0.4 is 10.2 Å². The number of hydrogen-bond acceptors (Lipinski definition) is 2. The van der Waals surface area contributed by atoms with Crippen LogP contribution in [0.5, 0.6) is 5.75 Å². The quantitative estimate of drug-likeness (QED) is 0.649. The molecule has 0 saturated carbocycles. The summed E-state index contributed by atoms with van der Waals surface area (Å²) >= 11 is 0. The van der Waals surface area contributed by atoms with Gasteiger partial charge in [0.1, 0.15) is 0 Å². The second-order valence-electron chi connectivity index (χ2n) is 6.99. The minimum Gasteiger partial charge on any atom is -0.485 e. The highest BCUT2D eigenvalue weighted by atomic mass is 19.4. The first-order chi connectivity index (χ1) is 12.8. The van der Waals surface area contributed by atoms with Gasteiger partial charge >= 0.3 is 6.30 Å². The second-order valence-corrected chi connectivity index (χ2v) is 6.99. The van der Waals surface area contributed by atoms with E-state index in [-0.39, 0.29) is 15.9 Å². The molecule has 0 saturated heterocycles. The van der Waals surface area contributed by atoms with Gasteiger partial charge in [0.2, 0.25) is 5.43 Å². The number of nitrogens with zero attached hydrogens (tertiary/aromatic N) is 1. The van der Waals surface area contributed by atoms with Crippen molar-refractivity contribution in [3.8, 4) is 16.9 Å². The van der Waals surface area contributed by atoms with Crippen LogP contribution in [-0.2, 0) is 6.30 Å². The summed E-state index contributed by atoms with van der Waals surface area (Å²) in [4.78, 5) is 12.7. The van der Waals surface area contributed by atoms with Gasteiger partial charge in [-0.3, -0.25) is 9.36 Å². The number of hydrogen-bond donors (Lipinski definition) is 0. The number of pyridine rings is 1. The van der Waals surface area contributed by atoms with E-state index in [1.807, 2.05) is 12.1 Å². The maximum absolute atomic E-state index is 13.2. The Morgan fingerprint density at radius 3 is 2.41 bits per heavy atom. The Bertz CT molecular complexity index is 880. The molecule has 6 heteroatoms. The Labute approximate surface area is 156 Å². The van der Waals surface area contributed by atoms with E-state index in [1.165, 1.54) is 0 Å². The molecule has 144 valence electrons. The molecule has 1 heterocycles. The summed E-state index contributed by atoms with van der Waals surface area (Å²) in [7, 11) is 0. The summed E-state index contributed by atoms with van der Waals surface area (Å²) in [6.07, 6.45) is 4.04. The number of allylic oxidation sites excluding steroid dienone is 2. The lowest BCUT2D eigenvalue weighted by atomic mass is 9.88. The molecule has 3 nitrogen and oxygen atoms in total. The monoisotopic (exact) mass is 377 g/mol. The molecule has 0 spiro atoms. The highest BCUT2D eigenvalue weighted by Gasteiger charge is 2.31. The zero-order valence-electron chi connectivity index (χ0n) is 15.3. The first-order valence-corrected chi connectivity index (χ1v) is 9.03. The van der Waals surface area contributed by atoms with Crippen molar-refractivity contribution in [3.63, 3.8) is 0 Å². The minimum absolute atomic E-state index is 0.0313. The van der Waals surface area contributed by atoms with Crippen molar-refractivity contribution in [2.75, 3.05) is 0 Å². The predicted octanol–water partition coefficient (Wildman–Crippen LogP) is 5.60. The van der Waals surface area contributed by atoms with Gasteiger partial charge in [-0.15, -0.1) is 13.2 Å². The Hall–Kier alpha value is -2.50. The molecule has 1 aromatic heterocycles. The van der Waals surface area contributed by atoms with Gasteiger partial charge in [0, 0.05) is 17.7 Å². The zero-order chi connectivity index (χ0) is 19.6. The lowest BCUT2D eigenvalue weighted by Crippen LogP contribution is -2.23. The van der Waals surface area contributed by atoms with E-state index in [2.05, 4.69) is 12.2 Å². The summed E-state index contributed by atoms with van der Waals surface area (Å²) in [5, 5.41) is 0. The van der Waals surface area contributed by atoms with Crippen molar-refractivity contribution in [2.45, 2.75) is 51.4 Å². The van der Waals surface area contributed by atoms with Crippen molar-refractivity contribution in [1.29, 1.82) is 0 Å². The summed E-state index contributed by atoms with van der Waals surface area (Å²) in [5.74, 6) is 0.00866. The molecule has 0 amide bonds. The topological polar surface area (TPSA) is 31.2 Å². The fraction of sp³-hybridized carbons (Fsp3) is 0.381. The highest BCUT2D eigenvalue weighted by molar-refractivity contribution is 5.64. The van der Waals surface area contributed by atoms with Crippen LogP contribution in [0.2, 0.25) is 0 Å². The maximum Gasteiger partial charge on any atom is 0.488 e. The Balaban J connectivity index is 2.03. The van der Waals surface area contributed by atoms with Crippen LogP contribution in [0.1, 0.15) is 44.6 Å². The Morgan fingerprint density at radius 1 is 1.15 bits per heavy atom. The lowest BCUT2D eigenvalue weighted by Gasteiger charge is -2.18. The number of ether oxygens (including phenoxy) is 1. The maximum atomic E-state index is 13.2. The number of alkyl halides is 3. The molecular weight excluding hydrogens is 355 g/mol. The second kappa shape index (κ2) is 7.62. The minimum atomic E-state index is -4.63. The van der Waals surface area contributed by atoms with E-state index in [0.717, 1.165) is 31.0 Å². The zero-order valence-corrected chi connectivity index (χ0v) is 15.3. The average molecular weight is 377 g/mol. The number of benzene rings is 1. The fourth-order valence-electron chi connectivity index (χ4n) is 3.24. The molecule has 0 aliphatic heterocycles. The van der Waals surface area contributed by atoms with E-state index < -0.39 is 17.8 Å². The van der Waals surface area contributed by atoms with E-state index in [9.17, 15) is 18.0 Å². The third kappa shape index (κ3) is 4.43.